The lowest BCUT2D eigenvalue weighted by atomic mass is 9.87. The number of alkyl halides is 1. The Morgan fingerprint density at radius 1 is 1.18 bits per heavy atom. The predicted molar refractivity (Wildman–Crippen MR) is 42.8 cm³/mol. The van der Waals surface area contributed by atoms with E-state index in [0.717, 1.165) is 37.7 Å². The van der Waals surface area contributed by atoms with E-state index in [-0.39, 0.29) is 0 Å². The Bertz CT molecular complexity index is 200. The SMILES string of the molecule is NC1(F)CCCCC1=C1CC1. The topological polar surface area (TPSA) is 26.0 Å². The van der Waals surface area contributed by atoms with Crippen molar-refractivity contribution in [2.45, 2.75) is 44.3 Å². The van der Waals surface area contributed by atoms with Gasteiger partial charge in [-0.25, -0.2) is 4.39 Å². The van der Waals surface area contributed by atoms with Gasteiger partial charge in [0.2, 0.25) is 0 Å². The molecule has 0 aromatic rings. The molecule has 0 aliphatic heterocycles. The minimum absolute atomic E-state index is 0.534. The van der Waals surface area contributed by atoms with E-state index < -0.39 is 5.79 Å². The van der Waals surface area contributed by atoms with Crippen molar-refractivity contribution in [3.05, 3.63) is 11.1 Å². The number of rotatable bonds is 0. The van der Waals surface area contributed by atoms with Crippen molar-refractivity contribution >= 4 is 0 Å². The smallest absolute Gasteiger partial charge is 0.181 e. The minimum Gasteiger partial charge on any atom is -0.296 e. The average molecular weight is 155 g/mol. The van der Waals surface area contributed by atoms with Gasteiger partial charge >= 0.3 is 0 Å². The van der Waals surface area contributed by atoms with Crippen LogP contribution in [0, 0.1) is 0 Å². The van der Waals surface area contributed by atoms with Gasteiger partial charge in [-0.15, -0.1) is 0 Å². The standard InChI is InChI=1S/C9H14FN/c10-9(11)6-2-1-3-8(9)7-4-5-7/h1-6,11H2. The lowest BCUT2D eigenvalue weighted by molar-refractivity contribution is 0.176. The summed E-state index contributed by atoms with van der Waals surface area (Å²) in [5, 5.41) is 0. The second-order valence-corrected chi connectivity index (χ2v) is 3.65. The molecule has 2 rings (SSSR count). The molecular weight excluding hydrogens is 141 g/mol. The monoisotopic (exact) mass is 155 g/mol. The number of halogens is 1. The molecule has 0 saturated heterocycles. The van der Waals surface area contributed by atoms with Gasteiger partial charge in [0.25, 0.3) is 0 Å². The molecule has 11 heavy (non-hydrogen) atoms. The summed E-state index contributed by atoms with van der Waals surface area (Å²) in [5.74, 6) is -1.44. The van der Waals surface area contributed by atoms with E-state index >= 15 is 0 Å². The number of hydrogen-bond acceptors (Lipinski definition) is 1. The fourth-order valence-corrected chi connectivity index (χ4v) is 1.88. The molecule has 2 saturated carbocycles. The molecule has 0 aromatic heterocycles. The van der Waals surface area contributed by atoms with Crippen LogP contribution in [-0.2, 0) is 0 Å². The van der Waals surface area contributed by atoms with Crippen LogP contribution < -0.4 is 5.73 Å². The van der Waals surface area contributed by atoms with Gasteiger partial charge in [0.15, 0.2) is 5.79 Å². The molecular formula is C9H14FN. The van der Waals surface area contributed by atoms with Crippen molar-refractivity contribution in [1.29, 1.82) is 0 Å². The fraction of sp³-hybridized carbons (Fsp3) is 0.778. The third-order valence-corrected chi connectivity index (χ3v) is 2.65. The largest absolute Gasteiger partial charge is 0.296 e. The van der Waals surface area contributed by atoms with E-state index in [2.05, 4.69) is 0 Å². The zero-order valence-electron chi connectivity index (χ0n) is 6.70. The first-order valence-corrected chi connectivity index (χ1v) is 4.39. The zero-order valence-corrected chi connectivity index (χ0v) is 6.70. The van der Waals surface area contributed by atoms with Crippen LogP contribution in [0.3, 0.4) is 0 Å². The summed E-state index contributed by atoms with van der Waals surface area (Å²) in [6, 6.07) is 0. The number of allylic oxidation sites excluding steroid dienone is 1. The summed E-state index contributed by atoms with van der Waals surface area (Å²) in [6.07, 6.45) is 5.70. The van der Waals surface area contributed by atoms with Crippen LogP contribution in [0.4, 0.5) is 4.39 Å². The lowest BCUT2D eigenvalue weighted by Gasteiger charge is -2.28. The molecule has 62 valence electrons. The van der Waals surface area contributed by atoms with E-state index in [0.29, 0.717) is 6.42 Å². The summed E-state index contributed by atoms with van der Waals surface area (Å²) < 4.78 is 13.5. The maximum Gasteiger partial charge on any atom is 0.181 e. The quantitative estimate of drug-likeness (QED) is 0.421. The second kappa shape index (κ2) is 2.31. The van der Waals surface area contributed by atoms with Crippen LogP contribution in [-0.4, -0.2) is 5.79 Å². The highest BCUT2D eigenvalue weighted by Crippen LogP contribution is 2.42. The minimum atomic E-state index is -1.44. The Kier molecular flexibility index (Phi) is 1.53. The Balaban J connectivity index is 2.22. The molecule has 0 bridgehead atoms. The van der Waals surface area contributed by atoms with Crippen LogP contribution in [0.2, 0.25) is 0 Å². The highest BCUT2D eigenvalue weighted by Gasteiger charge is 2.36. The molecule has 2 heteroatoms. The third kappa shape index (κ3) is 1.32. The van der Waals surface area contributed by atoms with Crippen LogP contribution in [0.15, 0.2) is 11.1 Å². The Labute approximate surface area is 66.5 Å². The summed E-state index contributed by atoms with van der Waals surface area (Å²) in [5.41, 5.74) is 7.77. The lowest BCUT2D eigenvalue weighted by Crippen LogP contribution is -2.39. The average Bonchev–Trinajstić information content (AvgIpc) is 2.69. The molecule has 0 radical (unpaired) electrons. The Morgan fingerprint density at radius 2 is 1.91 bits per heavy atom. The molecule has 2 aliphatic carbocycles. The Morgan fingerprint density at radius 3 is 2.45 bits per heavy atom. The maximum absolute atomic E-state index is 13.5. The number of hydrogen-bond donors (Lipinski definition) is 1. The van der Waals surface area contributed by atoms with Crippen LogP contribution in [0.1, 0.15) is 38.5 Å². The van der Waals surface area contributed by atoms with Crippen molar-refractivity contribution in [3.8, 4) is 0 Å². The van der Waals surface area contributed by atoms with Gasteiger partial charge < -0.3 is 0 Å². The summed E-state index contributed by atoms with van der Waals surface area (Å²) in [6.45, 7) is 0. The first-order chi connectivity index (χ1) is 5.20. The van der Waals surface area contributed by atoms with Crippen LogP contribution in [0.5, 0.6) is 0 Å². The van der Waals surface area contributed by atoms with Gasteiger partial charge in [0, 0.05) is 0 Å². The van der Waals surface area contributed by atoms with E-state index in [1.165, 1.54) is 5.57 Å². The van der Waals surface area contributed by atoms with Crippen molar-refractivity contribution in [2.75, 3.05) is 0 Å². The van der Waals surface area contributed by atoms with Gasteiger partial charge in [0.1, 0.15) is 0 Å². The molecule has 0 spiro atoms. The molecule has 0 aromatic carbocycles. The van der Waals surface area contributed by atoms with E-state index in [1.807, 2.05) is 0 Å². The van der Waals surface area contributed by atoms with Gasteiger partial charge in [0.05, 0.1) is 0 Å². The van der Waals surface area contributed by atoms with Gasteiger partial charge in [-0.1, -0.05) is 5.57 Å². The molecule has 1 nitrogen and oxygen atoms in total. The highest BCUT2D eigenvalue weighted by molar-refractivity contribution is 5.32. The number of nitrogens with two attached hydrogens (primary N) is 1. The molecule has 0 amide bonds. The predicted octanol–water partition coefficient (Wildman–Crippen LogP) is 2.28. The molecule has 0 heterocycles. The second-order valence-electron chi connectivity index (χ2n) is 3.65. The maximum atomic E-state index is 13.5. The van der Waals surface area contributed by atoms with Crippen LogP contribution in [0.25, 0.3) is 0 Å². The summed E-state index contributed by atoms with van der Waals surface area (Å²) in [4.78, 5) is 0. The van der Waals surface area contributed by atoms with Crippen molar-refractivity contribution in [3.63, 3.8) is 0 Å². The molecule has 1 unspecified atom stereocenters. The van der Waals surface area contributed by atoms with Gasteiger partial charge in [-0.2, -0.15) is 0 Å². The highest BCUT2D eigenvalue weighted by atomic mass is 19.1. The Hall–Kier alpha value is -0.370. The normalized spacial score (nSPS) is 37.6. The van der Waals surface area contributed by atoms with Crippen LogP contribution >= 0.6 is 0 Å². The zero-order chi connectivity index (χ0) is 7.90. The van der Waals surface area contributed by atoms with Crippen molar-refractivity contribution < 1.29 is 4.39 Å². The molecule has 2 fully saturated rings. The summed E-state index contributed by atoms with van der Waals surface area (Å²) in [7, 11) is 0. The molecule has 2 N–H and O–H groups in total. The molecule has 1 atom stereocenters. The first-order valence-electron chi connectivity index (χ1n) is 4.39. The van der Waals surface area contributed by atoms with Crippen molar-refractivity contribution in [2.24, 2.45) is 5.73 Å². The van der Waals surface area contributed by atoms with E-state index in [9.17, 15) is 4.39 Å². The van der Waals surface area contributed by atoms with Gasteiger partial charge in [-0.3, -0.25) is 5.73 Å². The fourth-order valence-electron chi connectivity index (χ4n) is 1.88. The first kappa shape index (κ1) is 7.29. The van der Waals surface area contributed by atoms with Crippen molar-refractivity contribution in [1.82, 2.24) is 0 Å². The van der Waals surface area contributed by atoms with Gasteiger partial charge in [-0.05, 0) is 44.1 Å². The third-order valence-electron chi connectivity index (χ3n) is 2.65. The summed E-state index contributed by atoms with van der Waals surface area (Å²) >= 11 is 0. The van der Waals surface area contributed by atoms with E-state index in [1.54, 1.807) is 0 Å². The van der Waals surface area contributed by atoms with E-state index in [4.69, 9.17) is 5.73 Å². The molecule has 2 aliphatic rings.